The smallest absolute Gasteiger partial charge is 0.223 e. The van der Waals surface area contributed by atoms with Crippen LogP contribution in [-0.4, -0.2) is 26.9 Å². The zero-order valence-corrected chi connectivity index (χ0v) is 13.6. The van der Waals surface area contributed by atoms with E-state index in [1.807, 2.05) is 65.3 Å². The van der Waals surface area contributed by atoms with Gasteiger partial charge in [0, 0.05) is 25.4 Å². The number of hydrogen-bond donors (Lipinski definition) is 2. The Hall–Kier alpha value is -2.66. The topological polar surface area (TPSA) is 66.6 Å². The van der Waals surface area contributed by atoms with Gasteiger partial charge in [-0.1, -0.05) is 36.4 Å². The van der Waals surface area contributed by atoms with E-state index in [1.54, 1.807) is 6.92 Å². The Morgan fingerprint density at radius 1 is 1.21 bits per heavy atom. The highest BCUT2D eigenvalue weighted by Gasteiger charge is 2.26. The third-order valence-corrected chi connectivity index (χ3v) is 4.02. The minimum Gasteiger partial charge on any atom is -0.385 e. The van der Waals surface area contributed by atoms with Gasteiger partial charge in [-0.2, -0.15) is 0 Å². The number of nitrogens with zero attached hydrogens (tertiary/aromatic N) is 2. The van der Waals surface area contributed by atoms with Gasteiger partial charge in [0.2, 0.25) is 5.91 Å². The van der Waals surface area contributed by atoms with Crippen LogP contribution in [0, 0.1) is 0 Å². The third-order valence-electron chi connectivity index (χ3n) is 4.02. The predicted molar refractivity (Wildman–Crippen MR) is 92.5 cm³/mol. The second kappa shape index (κ2) is 6.84. The van der Waals surface area contributed by atoms with Gasteiger partial charge in [0.15, 0.2) is 0 Å². The average molecular weight is 323 g/mol. The minimum absolute atomic E-state index is 0.0299. The van der Waals surface area contributed by atoms with Gasteiger partial charge >= 0.3 is 0 Å². The first-order valence-electron chi connectivity index (χ1n) is 8.02. The van der Waals surface area contributed by atoms with E-state index in [-0.39, 0.29) is 12.3 Å². The highest BCUT2D eigenvalue weighted by Crippen LogP contribution is 2.23. The Labute approximate surface area is 141 Å². The summed E-state index contributed by atoms with van der Waals surface area (Å²) in [5.74, 6) is -0.174. The standard InChI is InChI=1S/C19H21N3O2/c1-19(24,15-7-3-2-4-8-15)13-18(23)20-11-10-16-14-22-12-6-5-9-17(22)21-16/h2-9,12,14,24H,10-11,13H2,1H3,(H,20,23). The molecule has 0 saturated heterocycles. The van der Waals surface area contributed by atoms with Crippen LogP contribution < -0.4 is 5.32 Å². The highest BCUT2D eigenvalue weighted by atomic mass is 16.3. The summed E-state index contributed by atoms with van der Waals surface area (Å²) >= 11 is 0. The second-order valence-electron chi connectivity index (χ2n) is 6.11. The first kappa shape index (κ1) is 16.2. The number of carbonyl (C=O) groups is 1. The van der Waals surface area contributed by atoms with E-state index in [0.717, 1.165) is 16.9 Å². The first-order chi connectivity index (χ1) is 11.5. The van der Waals surface area contributed by atoms with Crippen molar-refractivity contribution in [2.45, 2.75) is 25.4 Å². The highest BCUT2D eigenvalue weighted by molar-refractivity contribution is 5.77. The number of fused-ring (bicyclic) bond motifs is 1. The number of amides is 1. The Morgan fingerprint density at radius 2 is 1.96 bits per heavy atom. The van der Waals surface area contributed by atoms with Crippen LogP contribution in [0.1, 0.15) is 24.6 Å². The summed E-state index contributed by atoms with van der Waals surface area (Å²) in [5.41, 5.74) is 1.39. The fraction of sp³-hybridized carbons (Fsp3) is 0.263. The van der Waals surface area contributed by atoms with Gasteiger partial charge in [-0.25, -0.2) is 4.98 Å². The monoisotopic (exact) mass is 323 g/mol. The van der Waals surface area contributed by atoms with Gasteiger partial charge in [-0.3, -0.25) is 4.79 Å². The lowest BCUT2D eigenvalue weighted by atomic mass is 9.92. The summed E-state index contributed by atoms with van der Waals surface area (Å²) in [4.78, 5) is 16.6. The number of hydrogen-bond acceptors (Lipinski definition) is 3. The van der Waals surface area contributed by atoms with Crippen LogP contribution in [0.15, 0.2) is 60.9 Å². The maximum Gasteiger partial charge on any atom is 0.223 e. The molecule has 0 aliphatic carbocycles. The van der Waals surface area contributed by atoms with E-state index >= 15 is 0 Å². The summed E-state index contributed by atoms with van der Waals surface area (Å²) in [5, 5.41) is 13.3. The summed E-state index contributed by atoms with van der Waals surface area (Å²) in [6.07, 6.45) is 4.59. The summed E-state index contributed by atoms with van der Waals surface area (Å²) in [6.45, 7) is 2.15. The maximum absolute atomic E-state index is 12.1. The fourth-order valence-electron chi connectivity index (χ4n) is 2.71. The number of aliphatic hydroxyl groups is 1. The molecule has 0 aliphatic rings. The lowest BCUT2D eigenvalue weighted by Gasteiger charge is -2.23. The average Bonchev–Trinajstić information content (AvgIpc) is 2.98. The normalized spacial score (nSPS) is 13.6. The number of nitrogens with one attached hydrogen (secondary N) is 1. The van der Waals surface area contributed by atoms with Gasteiger partial charge in [0.05, 0.1) is 17.7 Å². The Balaban J connectivity index is 1.52. The molecule has 24 heavy (non-hydrogen) atoms. The molecule has 1 amide bonds. The molecule has 0 saturated carbocycles. The van der Waals surface area contributed by atoms with Crippen molar-refractivity contribution in [3.8, 4) is 0 Å². The van der Waals surface area contributed by atoms with Crippen molar-refractivity contribution in [1.82, 2.24) is 14.7 Å². The molecule has 2 aromatic heterocycles. The molecule has 1 atom stereocenters. The lowest BCUT2D eigenvalue weighted by molar-refractivity contribution is -0.125. The fourth-order valence-corrected chi connectivity index (χ4v) is 2.71. The van der Waals surface area contributed by atoms with Crippen LogP contribution in [0.2, 0.25) is 0 Å². The Morgan fingerprint density at radius 3 is 2.71 bits per heavy atom. The van der Waals surface area contributed by atoms with Crippen LogP contribution >= 0.6 is 0 Å². The van der Waals surface area contributed by atoms with Crippen LogP contribution in [0.5, 0.6) is 0 Å². The van der Waals surface area contributed by atoms with Crippen LogP contribution in [0.25, 0.3) is 5.65 Å². The van der Waals surface area contributed by atoms with Crippen molar-refractivity contribution < 1.29 is 9.90 Å². The minimum atomic E-state index is -1.17. The number of rotatable bonds is 6. The number of aromatic nitrogens is 2. The van der Waals surface area contributed by atoms with Crippen LogP contribution in [0.3, 0.4) is 0 Å². The summed E-state index contributed by atoms with van der Waals surface area (Å²) in [7, 11) is 0. The van der Waals surface area contributed by atoms with Gasteiger partial charge < -0.3 is 14.8 Å². The molecule has 0 aliphatic heterocycles. The largest absolute Gasteiger partial charge is 0.385 e. The zero-order valence-electron chi connectivity index (χ0n) is 13.6. The molecule has 0 radical (unpaired) electrons. The Bertz CT molecular complexity index is 792. The molecule has 3 rings (SSSR count). The molecule has 3 aromatic rings. The van der Waals surface area contributed by atoms with Crippen molar-refractivity contribution in [3.63, 3.8) is 0 Å². The van der Waals surface area contributed by atoms with E-state index in [2.05, 4.69) is 10.3 Å². The van der Waals surface area contributed by atoms with Crippen molar-refractivity contribution in [2.24, 2.45) is 0 Å². The van der Waals surface area contributed by atoms with Crippen molar-refractivity contribution in [3.05, 3.63) is 72.2 Å². The molecule has 0 spiro atoms. The van der Waals surface area contributed by atoms with Crippen molar-refractivity contribution in [1.29, 1.82) is 0 Å². The molecule has 0 bridgehead atoms. The zero-order chi connectivity index (χ0) is 17.0. The quantitative estimate of drug-likeness (QED) is 0.731. The SMILES string of the molecule is CC(O)(CC(=O)NCCc1cn2ccccc2n1)c1ccccc1. The van der Waals surface area contributed by atoms with Crippen molar-refractivity contribution >= 4 is 11.6 Å². The Kier molecular flexibility index (Phi) is 4.62. The van der Waals surface area contributed by atoms with Gasteiger partial charge in [0.25, 0.3) is 0 Å². The molecule has 5 heteroatoms. The predicted octanol–water partition coefficient (Wildman–Crippen LogP) is 2.29. The molecule has 2 N–H and O–H groups in total. The van der Waals surface area contributed by atoms with Crippen molar-refractivity contribution in [2.75, 3.05) is 6.54 Å². The van der Waals surface area contributed by atoms with Gasteiger partial charge in [-0.05, 0) is 24.6 Å². The molecule has 5 nitrogen and oxygen atoms in total. The molecule has 0 fully saturated rings. The number of imidazole rings is 1. The number of pyridine rings is 1. The van der Waals surface area contributed by atoms with E-state index < -0.39 is 5.60 Å². The second-order valence-corrected chi connectivity index (χ2v) is 6.11. The van der Waals surface area contributed by atoms with Gasteiger partial charge in [-0.15, -0.1) is 0 Å². The molecular formula is C19H21N3O2. The molecule has 1 aromatic carbocycles. The molecular weight excluding hydrogens is 302 g/mol. The van der Waals surface area contributed by atoms with Crippen LogP contribution in [-0.2, 0) is 16.8 Å². The van der Waals surface area contributed by atoms with E-state index in [0.29, 0.717) is 13.0 Å². The van der Waals surface area contributed by atoms with E-state index in [4.69, 9.17) is 0 Å². The van der Waals surface area contributed by atoms with E-state index in [1.165, 1.54) is 0 Å². The third kappa shape index (κ3) is 3.81. The van der Waals surface area contributed by atoms with Crippen LogP contribution in [0.4, 0.5) is 0 Å². The number of carbonyl (C=O) groups excluding carboxylic acids is 1. The molecule has 124 valence electrons. The summed E-state index contributed by atoms with van der Waals surface area (Å²) in [6, 6.07) is 15.1. The number of benzene rings is 1. The molecule has 1 unspecified atom stereocenters. The van der Waals surface area contributed by atoms with E-state index in [9.17, 15) is 9.90 Å². The van der Waals surface area contributed by atoms with Gasteiger partial charge in [0.1, 0.15) is 5.65 Å². The summed E-state index contributed by atoms with van der Waals surface area (Å²) < 4.78 is 1.96. The molecule has 2 heterocycles. The first-order valence-corrected chi connectivity index (χ1v) is 8.02. The maximum atomic E-state index is 12.1. The lowest BCUT2D eigenvalue weighted by Crippen LogP contribution is -2.33.